The van der Waals surface area contributed by atoms with Crippen LogP contribution in [0.1, 0.15) is 18.1 Å². The lowest BCUT2D eigenvalue weighted by Crippen LogP contribution is -2.26. The van der Waals surface area contributed by atoms with Gasteiger partial charge in [-0.15, -0.1) is 0 Å². The molecule has 0 bridgehead atoms. The number of anilines is 1. The lowest BCUT2D eigenvalue weighted by atomic mass is 10.1. The van der Waals surface area contributed by atoms with Gasteiger partial charge in [0.05, 0.1) is 21.9 Å². The second-order valence-electron chi connectivity index (χ2n) is 5.11. The number of nitro groups is 1. The van der Waals surface area contributed by atoms with E-state index in [1.165, 1.54) is 36.4 Å². The molecule has 0 saturated heterocycles. The Morgan fingerprint density at radius 2 is 1.88 bits per heavy atom. The van der Waals surface area contributed by atoms with Crippen molar-refractivity contribution < 1.29 is 18.1 Å². The van der Waals surface area contributed by atoms with Crippen molar-refractivity contribution in [3.05, 3.63) is 69.8 Å². The maximum atomic E-state index is 13.0. The van der Waals surface area contributed by atoms with Gasteiger partial charge in [-0.1, -0.05) is 24.3 Å². The Labute approximate surface area is 151 Å². The van der Waals surface area contributed by atoms with Gasteiger partial charge >= 0.3 is 6.18 Å². The van der Waals surface area contributed by atoms with Crippen molar-refractivity contribution in [1.29, 1.82) is 0 Å². The van der Waals surface area contributed by atoms with Gasteiger partial charge in [0.1, 0.15) is 0 Å². The fourth-order valence-electron chi connectivity index (χ4n) is 2.03. The number of benzene rings is 2. The number of alkyl halides is 3. The largest absolute Gasteiger partial charge is 0.418 e. The van der Waals surface area contributed by atoms with E-state index in [0.717, 1.165) is 6.07 Å². The van der Waals surface area contributed by atoms with Crippen LogP contribution in [0.15, 0.2) is 53.6 Å². The number of nitrogens with zero attached hydrogens (tertiary/aromatic N) is 2. The number of hydrogen-bond acceptors (Lipinski definition) is 4. The number of para-hydroxylation sites is 1. The summed E-state index contributed by atoms with van der Waals surface area (Å²) >= 11 is 4.95. The van der Waals surface area contributed by atoms with Gasteiger partial charge in [0.2, 0.25) is 0 Å². The third-order valence-electron chi connectivity index (χ3n) is 3.28. The van der Waals surface area contributed by atoms with Crippen LogP contribution in [0.2, 0.25) is 0 Å². The summed E-state index contributed by atoms with van der Waals surface area (Å²) in [6.07, 6.45) is -4.53. The van der Waals surface area contributed by atoms with Crippen LogP contribution < -0.4 is 10.7 Å². The van der Waals surface area contributed by atoms with Gasteiger partial charge in [-0.05, 0) is 31.3 Å². The number of nitro benzene ring substituents is 1. The Kier molecular flexibility index (Phi) is 5.88. The van der Waals surface area contributed by atoms with Crippen molar-refractivity contribution in [2.75, 3.05) is 5.32 Å². The predicted octanol–water partition coefficient (Wildman–Crippen LogP) is 4.32. The van der Waals surface area contributed by atoms with Gasteiger partial charge in [0.25, 0.3) is 5.69 Å². The normalized spacial score (nSPS) is 11.8. The van der Waals surface area contributed by atoms with Crippen molar-refractivity contribution in [3.8, 4) is 0 Å². The molecule has 136 valence electrons. The van der Waals surface area contributed by atoms with Gasteiger partial charge in [0, 0.05) is 17.7 Å². The monoisotopic (exact) mass is 382 g/mol. The average molecular weight is 382 g/mol. The highest BCUT2D eigenvalue weighted by Gasteiger charge is 2.33. The molecule has 26 heavy (non-hydrogen) atoms. The molecule has 2 aromatic carbocycles. The van der Waals surface area contributed by atoms with Gasteiger partial charge < -0.3 is 5.32 Å². The van der Waals surface area contributed by atoms with Crippen molar-refractivity contribution in [2.24, 2.45) is 5.10 Å². The first-order valence-corrected chi connectivity index (χ1v) is 7.61. The molecule has 0 aliphatic carbocycles. The third kappa shape index (κ3) is 4.99. The van der Waals surface area contributed by atoms with E-state index in [1.54, 1.807) is 13.0 Å². The fraction of sp³-hybridized carbons (Fsp3) is 0.125. The van der Waals surface area contributed by atoms with E-state index in [4.69, 9.17) is 12.2 Å². The van der Waals surface area contributed by atoms with Crippen molar-refractivity contribution in [1.82, 2.24) is 5.43 Å². The summed E-state index contributed by atoms with van der Waals surface area (Å²) in [6, 6.07) is 10.7. The van der Waals surface area contributed by atoms with Crippen molar-refractivity contribution in [3.63, 3.8) is 0 Å². The summed E-state index contributed by atoms with van der Waals surface area (Å²) in [5.41, 5.74) is 2.12. The van der Waals surface area contributed by atoms with Crippen LogP contribution in [0.4, 0.5) is 24.5 Å². The van der Waals surface area contributed by atoms with Crippen LogP contribution >= 0.6 is 12.2 Å². The maximum Gasteiger partial charge on any atom is 0.418 e. The SMILES string of the molecule is C/C(=N\NC(=S)Nc1ccccc1C(F)(F)F)c1cccc([N+](=O)[O-])c1. The molecular formula is C16H13F3N4O2S. The van der Waals surface area contributed by atoms with E-state index in [2.05, 4.69) is 15.8 Å². The highest BCUT2D eigenvalue weighted by atomic mass is 32.1. The first-order valence-electron chi connectivity index (χ1n) is 7.21. The molecule has 0 aromatic heterocycles. The lowest BCUT2D eigenvalue weighted by Gasteiger charge is -2.14. The molecule has 0 unspecified atom stereocenters. The fourth-order valence-corrected chi connectivity index (χ4v) is 2.19. The molecule has 0 heterocycles. The number of thiocarbonyl (C=S) groups is 1. The highest BCUT2D eigenvalue weighted by molar-refractivity contribution is 7.80. The second-order valence-corrected chi connectivity index (χ2v) is 5.52. The molecule has 0 radical (unpaired) electrons. The summed E-state index contributed by atoms with van der Waals surface area (Å²) in [5.74, 6) is 0. The Balaban J connectivity index is 2.10. The van der Waals surface area contributed by atoms with E-state index in [9.17, 15) is 23.3 Å². The van der Waals surface area contributed by atoms with Gasteiger partial charge in [-0.3, -0.25) is 15.5 Å². The van der Waals surface area contributed by atoms with Crippen LogP contribution in [0.3, 0.4) is 0 Å². The Bertz CT molecular complexity index is 869. The maximum absolute atomic E-state index is 13.0. The molecule has 10 heteroatoms. The number of rotatable bonds is 4. The molecule has 0 spiro atoms. The highest BCUT2D eigenvalue weighted by Crippen LogP contribution is 2.34. The number of hydrazone groups is 1. The molecule has 2 aromatic rings. The first-order chi connectivity index (χ1) is 12.2. The van der Waals surface area contributed by atoms with E-state index < -0.39 is 16.7 Å². The summed E-state index contributed by atoms with van der Waals surface area (Å²) in [4.78, 5) is 10.2. The second kappa shape index (κ2) is 7.91. The van der Waals surface area contributed by atoms with E-state index >= 15 is 0 Å². The standard InChI is InChI=1S/C16H13F3N4O2S/c1-10(11-5-4-6-12(9-11)23(24)25)21-22-15(26)20-14-8-3-2-7-13(14)16(17,18)19/h2-9H,1H3,(H2,20,22,26)/b21-10+. The molecule has 0 saturated carbocycles. The van der Waals surface area contributed by atoms with Crippen molar-refractivity contribution in [2.45, 2.75) is 13.1 Å². The average Bonchev–Trinajstić information content (AvgIpc) is 2.59. The molecule has 0 atom stereocenters. The van der Waals surface area contributed by atoms with Gasteiger partial charge in [-0.2, -0.15) is 18.3 Å². The molecule has 0 fully saturated rings. The molecular weight excluding hydrogens is 369 g/mol. The number of halogens is 3. The Morgan fingerprint density at radius 1 is 1.19 bits per heavy atom. The van der Waals surface area contributed by atoms with Crippen LogP contribution in [0.5, 0.6) is 0 Å². The van der Waals surface area contributed by atoms with Gasteiger partial charge in [0.15, 0.2) is 5.11 Å². The van der Waals surface area contributed by atoms with Crippen LogP contribution in [0, 0.1) is 10.1 Å². The molecule has 2 rings (SSSR count). The number of non-ortho nitro benzene ring substituents is 1. The minimum Gasteiger partial charge on any atom is -0.331 e. The molecule has 6 nitrogen and oxygen atoms in total. The van der Waals surface area contributed by atoms with Crippen LogP contribution in [0.25, 0.3) is 0 Å². The van der Waals surface area contributed by atoms with Crippen LogP contribution in [-0.4, -0.2) is 15.7 Å². The quantitative estimate of drug-likeness (QED) is 0.356. The Hall–Kier alpha value is -3.01. The zero-order valence-corrected chi connectivity index (χ0v) is 14.2. The zero-order chi connectivity index (χ0) is 19.3. The molecule has 0 aliphatic heterocycles. The summed E-state index contributed by atoms with van der Waals surface area (Å²) in [7, 11) is 0. The van der Waals surface area contributed by atoms with Crippen LogP contribution in [-0.2, 0) is 6.18 Å². The number of hydrogen-bond donors (Lipinski definition) is 2. The van der Waals surface area contributed by atoms with Gasteiger partial charge in [-0.25, -0.2) is 0 Å². The first kappa shape index (κ1) is 19.3. The lowest BCUT2D eigenvalue weighted by molar-refractivity contribution is -0.384. The van der Waals surface area contributed by atoms with Crippen molar-refractivity contribution >= 4 is 34.4 Å². The smallest absolute Gasteiger partial charge is 0.331 e. The summed E-state index contributed by atoms with van der Waals surface area (Å²) in [6.45, 7) is 1.58. The topological polar surface area (TPSA) is 79.6 Å². The third-order valence-corrected chi connectivity index (χ3v) is 3.47. The van der Waals surface area contributed by atoms with E-state index in [-0.39, 0.29) is 16.5 Å². The molecule has 0 amide bonds. The van der Waals surface area contributed by atoms with E-state index in [1.807, 2.05) is 0 Å². The molecule has 0 aliphatic rings. The van der Waals surface area contributed by atoms with E-state index in [0.29, 0.717) is 11.3 Å². The summed E-state index contributed by atoms with van der Waals surface area (Å²) < 4.78 is 38.9. The summed E-state index contributed by atoms with van der Waals surface area (Å²) in [5, 5.41) is 17.0. The minimum atomic E-state index is -4.53. The zero-order valence-electron chi connectivity index (χ0n) is 13.4. The Morgan fingerprint density at radius 3 is 2.54 bits per heavy atom. The molecule has 2 N–H and O–H groups in total. The predicted molar refractivity (Wildman–Crippen MR) is 96.1 cm³/mol. The number of nitrogens with one attached hydrogen (secondary N) is 2. The minimum absolute atomic E-state index is 0.100.